The van der Waals surface area contributed by atoms with Gasteiger partial charge in [-0.05, 0) is 20.0 Å². The van der Waals surface area contributed by atoms with Gasteiger partial charge in [0, 0.05) is 19.1 Å². The fourth-order valence-corrected chi connectivity index (χ4v) is 1.41. The van der Waals surface area contributed by atoms with Crippen LogP contribution in [-0.2, 0) is 0 Å². The molecule has 0 aliphatic rings. The van der Waals surface area contributed by atoms with Crippen molar-refractivity contribution in [3.63, 3.8) is 0 Å². The van der Waals surface area contributed by atoms with Crippen LogP contribution >= 0.6 is 0 Å². The van der Waals surface area contributed by atoms with Crippen molar-refractivity contribution in [1.29, 1.82) is 0 Å². The van der Waals surface area contributed by atoms with Crippen LogP contribution in [0, 0.1) is 0 Å². The number of nitrogens with one attached hydrogen (secondary N) is 1. The van der Waals surface area contributed by atoms with Crippen LogP contribution in [0.4, 0.5) is 13.2 Å². The highest BCUT2D eigenvalue weighted by Gasteiger charge is 2.27. The molecule has 0 aromatic heterocycles. The summed E-state index contributed by atoms with van der Waals surface area (Å²) in [4.78, 5) is 1.73. The fourth-order valence-electron chi connectivity index (χ4n) is 1.41. The molecule has 15 heavy (non-hydrogen) atoms. The Morgan fingerprint density at radius 2 is 1.87 bits per heavy atom. The van der Waals surface area contributed by atoms with Gasteiger partial charge in [-0.15, -0.1) is 0 Å². The second-order valence-electron chi connectivity index (χ2n) is 3.79. The lowest BCUT2D eigenvalue weighted by molar-refractivity contribution is -0.137. The number of hydrogen-bond donors (Lipinski definition) is 1. The molecule has 2 nitrogen and oxygen atoms in total. The van der Waals surface area contributed by atoms with Gasteiger partial charge in [-0.1, -0.05) is 13.8 Å². The third-order valence-electron chi connectivity index (χ3n) is 2.29. The van der Waals surface area contributed by atoms with Gasteiger partial charge in [0.05, 0.1) is 6.42 Å². The van der Waals surface area contributed by atoms with Crippen LogP contribution in [0.1, 0.15) is 26.7 Å². The zero-order valence-corrected chi connectivity index (χ0v) is 9.69. The molecule has 1 atom stereocenters. The summed E-state index contributed by atoms with van der Waals surface area (Å²) in [7, 11) is 1.73. The zero-order valence-electron chi connectivity index (χ0n) is 9.69. The lowest BCUT2D eigenvalue weighted by Crippen LogP contribution is -2.40. The summed E-state index contributed by atoms with van der Waals surface area (Å²) >= 11 is 0. The average molecular weight is 226 g/mol. The highest BCUT2D eigenvalue weighted by Crippen LogP contribution is 2.19. The summed E-state index contributed by atoms with van der Waals surface area (Å²) < 4.78 is 35.8. The van der Waals surface area contributed by atoms with E-state index in [9.17, 15) is 13.2 Å². The normalized spacial score (nSPS) is 14.6. The van der Waals surface area contributed by atoms with Crippen LogP contribution in [-0.4, -0.2) is 43.8 Å². The van der Waals surface area contributed by atoms with Gasteiger partial charge in [-0.25, -0.2) is 0 Å². The van der Waals surface area contributed by atoms with E-state index in [2.05, 4.69) is 5.32 Å². The Morgan fingerprint density at radius 1 is 1.27 bits per heavy atom. The van der Waals surface area contributed by atoms with Crippen molar-refractivity contribution in [2.75, 3.05) is 26.7 Å². The Hall–Kier alpha value is -0.290. The van der Waals surface area contributed by atoms with Crippen LogP contribution in [0.15, 0.2) is 0 Å². The van der Waals surface area contributed by atoms with Crippen molar-refractivity contribution in [3.05, 3.63) is 0 Å². The SMILES string of the molecule is CCNC(CC)CN(C)CCC(F)(F)F. The number of halogens is 3. The summed E-state index contributed by atoms with van der Waals surface area (Å²) in [5, 5.41) is 3.24. The summed E-state index contributed by atoms with van der Waals surface area (Å²) in [6.45, 7) is 5.63. The highest BCUT2D eigenvalue weighted by atomic mass is 19.4. The molecule has 0 radical (unpaired) electrons. The predicted molar refractivity (Wildman–Crippen MR) is 55.9 cm³/mol. The van der Waals surface area contributed by atoms with Gasteiger partial charge >= 0.3 is 6.18 Å². The largest absolute Gasteiger partial charge is 0.390 e. The van der Waals surface area contributed by atoms with Crippen LogP contribution in [0.25, 0.3) is 0 Å². The van der Waals surface area contributed by atoms with Crippen molar-refractivity contribution in [2.24, 2.45) is 0 Å². The maximum atomic E-state index is 11.9. The van der Waals surface area contributed by atoms with Gasteiger partial charge in [0.2, 0.25) is 0 Å². The van der Waals surface area contributed by atoms with Gasteiger partial charge in [0.15, 0.2) is 0 Å². The van der Waals surface area contributed by atoms with E-state index in [1.165, 1.54) is 0 Å². The lowest BCUT2D eigenvalue weighted by Gasteiger charge is -2.24. The number of rotatable bonds is 7. The number of alkyl halides is 3. The summed E-state index contributed by atoms with van der Waals surface area (Å²) in [6.07, 6.45) is -3.84. The maximum absolute atomic E-state index is 11.9. The van der Waals surface area contributed by atoms with Crippen LogP contribution in [0.2, 0.25) is 0 Å². The first kappa shape index (κ1) is 14.7. The van der Waals surface area contributed by atoms with Crippen molar-refractivity contribution in [2.45, 2.75) is 38.9 Å². The molecule has 0 amide bonds. The minimum atomic E-state index is -4.05. The number of likely N-dealkylation sites (N-methyl/N-ethyl adjacent to an activating group) is 2. The Bertz CT molecular complexity index is 159. The Kier molecular flexibility index (Phi) is 6.92. The zero-order chi connectivity index (χ0) is 11.9. The molecule has 0 rings (SSSR count). The van der Waals surface area contributed by atoms with E-state index in [4.69, 9.17) is 0 Å². The van der Waals surface area contributed by atoms with Crippen molar-refractivity contribution in [3.8, 4) is 0 Å². The van der Waals surface area contributed by atoms with Gasteiger partial charge in [0.25, 0.3) is 0 Å². The number of nitrogens with zero attached hydrogens (tertiary/aromatic N) is 1. The van der Waals surface area contributed by atoms with Crippen LogP contribution in [0.5, 0.6) is 0 Å². The van der Waals surface area contributed by atoms with Crippen LogP contribution < -0.4 is 5.32 Å². The van der Waals surface area contributed by atoms with E-state index >= 15 is 0 Å². The molecule has 0 aromatic rings. The monoisotopic (exact) mass is 226 g/mol. The standard InChI is InChI=1S/C10H21F3N2/c1-4-9(14-5-2)8-15(3)7-6-10(11,12)13/h9,14H,4-8H2,1-3H3. The summed E-state index contributed by atoms with van der Waals surface area (Å²) in [5.41, 5.74) is 0. The molecule has 1 unspecified atom stereocenters. The van der Waals surface area contributed by atoms with Crippen molar-refractivity contribution in [1.82, 2.24) is 10.2 Å². The molecule has 0 aliphatic heterocycles. The Morgan fingerprint density at radius 3 is 2.27 bits per heavy atom. The maximum Gasteiger partial charge on any atom is 0.390 e. The molecule has 92 valence electrons. The molecule has 0 aromatic carbocycles. The third kappa shape index (κ3) is 8.69. The van der Waals surface area contributed by atoms with E-state index in [0.29, 0.717) is 6.54 Å². The minimum Gasteiger partial charge on any atom is -0.313 e. The van der Waals surface area contributed by atoms with Gasteiger partial charge in [0.1, 0.15) is 0 Å². The van der Waals surface area contributed by atoms with E-state index in [1.54, 1.807) is 11.9 Å². The van der Waals surface area contributed by atoms with Crippen LogP contribution in [0.3, 0.4) is 0 Å². The molecule has 5 heteroatoms. The Balaban J connectivity index is 3.75. The molecule has 0 fully saturated rings. The second kappa shape index (κ2) is 7.06. The van der Waals surface area contributed by atoms with Crippen molar-refractivity contribution < 1.29 is 13.2 Å². The first-order chi connectivity index (χ1) is 6.89. The fraction of sp³-hybridized carbons (Fsp3) is 1.00. The predicted octanol–water partition coefficient (Wildman–Crippen LogP) is 2.26. The molecule has 0 saturated carbocycles. The number of hydrogen-bond acceptors (Lipinski definition) is 2. The van der Waals surface area contributed by atoms with Gasteiger partial charge in [-0.2, -0.15) is 13.2 Å². The summed E-state index contributed by atoms with van der Waals surface area (Å²) in [6, 6.07) is 0.285. The molecule has 0 bridgehead atoms. The molecule has 0 aliphatic carbocycles. The topological polar surface area (TPSA) is 15.3 Å². The van der Waals surface area contributed by atoms with Gasteiger partial charge in [-0.3, -0.25) is 0 Å². The highest BCUT2D eigenvalue weighted by molar-refractivity contribution is 4.68. The smallest absolute Gasteiger partial charge is 0.313 e. The van der Waals surface area contributed by atoms with Crippen molar-refractivity contribution >= 4 is 0 Å². The molecule has 0 saturated heterocycles. The first-order valence-electron chi connectivity index (χ1n) is 5.37. The van der Waals surface area contributed by atoms with E-state index in [1.807, 2.05) is 13.8 Å². The van der Waals surface area contributed by atoms with E-state index < -0.39 is 12.6 Å². The molecule has 0 spiro atoms. The van der Waals surface area contributed by atoms with Gasteiger partial charge < -0.3 is 10.2 Å². The van der Waals surface area contributed by atoms with E-state index in [0.717, 1.165) is 13.0 Å². The molecule has 0 heterocycles. The van der Waals surface area contributed by atoms with E-state index in [-0.39, 0.29) is 12.6 Å². The molecular weight excluding hydrogens is 205 g/mol. The first-order valence-corrected chi connectivity index (χ1v) is 5.37. The molecular formula is C10H21F3N2. The minimum absolute atomic E-state index is 0.0748. The summed E-state index contributed by atoms with van der Waals surface area (Å²) in [5.74, 6) is 0. The second-order valence-corrected chi connectivity index (χ2v) is 3.79. The Labute approximate surface area is 89.8 Å². The molecule has 1 N–H and O–H groups in total. The third-order valence-corrected chi connectivity index (χ3v) is 2.29. The lowest BCUT2D eigenvalue weighted by atomic mass is 10.2. The quantitative estimate of drug-likeness (QED) is 0.716. The average Bonchev–Trinajstić information content (AvgIpc) is 2.13.